The molecule has 0 unspecified atom stereocenters. The molecule has 0 spiro atoms. The fourth-order valence-electron chi connectivity index (χ4n) is 4.92. The molecule has 2 heterocycles. The molecule has 1 aliphatic carbocycles. The van der Waals surface area contributed by atoms with Crippen molar-refractivity contribution in [3.8, 4) is 11.1 Å². The summed E-state index contributed by atoms with van der Waals surface area (Å²) in [7, 11) is 0. The third-order valence-corrected chi connectivity index (χ3v) is 6.88. The molecule has 1 saturated carbocycles. The fraction of sp³-hybridized carbons (Fsp3) is 0.464. The molecular formula is C28H35N5O5. The molecule has 1 fully saturated rings. The molecule has 38 heavy (non-hydrogen) atoms. The van der Waals surface area contributed by atoms with Gasteiger partial charge in [0.2, 0.25) is 11.8 Å². The van der Waals surface area contributed by atoms with E-state index in [4.69, 9.17) is 10.5 Å². The van der Waals surface area contributed by atoms with Crippen molar-refractivity contribution in [1.82, 2.24) is 20.9 Å². The van der Waals surface area contributed by atoms with Gasteiger partial charge < -0.3 is 26.4 Å². The van der Waals surface area contributed by atoms with Crippen molar-refractivity contribution >= 4 is 23.8 Å². The molecule has 1 aromatic carbocycles. The van der Waals surface area contributed by atoms with Crippen LogP contribution in [-0.4, -0.2) is 46.0 Å². The van der Waals surface area contributed by atoms with Crippen LogP contribution in [0.25, 0.3) is 11.1 Å². The Kier molecular flexibility index (Phi) is 7.71. The van der Waals surface area contributed by atoms with Gasteiger partial charge in [0.25, 0.3) is 5.91 Å². The van der Waals surface area contributed by atoms with Crippen LogP contribution in [0.1, 0.15) is 74.5 Å². The Balaban J connectivity index is 1.45. The Morgan fingerprint density at radius 1 is 1.11 bits per heavy atom. The molecule has 1 aromatic heterocycles. The summed E-state index contributed by atoms with van der Waals surface area (Å²) >= 11 is 0. The van der Waals surface area contributed by atoms with Gasteiger partial charge in [-0.3, -0.25) is 19.4 Å². The number of benzene rings is 1. The van der Waals surface area contributed by atoms with Crippen molar-refractivity contribution in [2.24, 2.45) is 5.73 Å². The Morgan fingerprint density at radius 2 is 1.79 bits per heavy atom. The Bertz CT molecular complexity index is 1230. The normalized spacial score (nSPS) is 17.1. The van der Waals surface area contributed by atoms with Gasteiger partial charge in [-0.05, 0) is 50.8 Å². The minimum atomic E-state index is -1.16. The fourth-order valence-corrected chi connectivity index (χ4v) is 4.92. The zero-order valence-corrected chi connectivity index (χ0v) is 22.1. The van der Waals surface area contributed by atoms with Gasteiger partial charge in [-0.2, -0.15) is 0 Å². The number of hydrogen-bond acceptors (Lipinski definition) is 6. The van der Waals surface area contributed by atoms with Crippen molar-refractivity contribution in [2.45, 2.75) is 83.0 Å². The van der Waals surface area contributed by atoms with Crippen LogP contribution < -0.4 is 21.7 Å². The number of nitrogens with zero attached hydrogens (tertiary/aromatic N) is 1. The smallest absolute Gasteiger partial charge is 0.408 e. The van der Waals surface area contributed by atoms with E-state index in [1.165, 1.54) is 0 Å². The lowest BCUT2D eigenvalue weighted by atomic mass is 9.80. The molecule has 5 N–H and O–H groups in total. The van der Waals surface area contributed by atoms with E-state index in [0.29, 0.717) is 25.1 Å². The topological polar surface area (TPSA) is 153 Å². The Hall–Kier alpha value is -3.95. The molecule has 2 aromatic rings. The van der Waals surface area contributed by atoms with Gasteiger partial charge in [0.05, 0.1) is 0 Å². The third kappa shape index (κ3) is 6.30. The number of hydrogen-bond donors (Lipinski definition) is 4. The maximum atomic E-state index is 13.5. The van der Waals surface area contributed by atoms with E-state index < -0.39 is 35.1 Å². The lowest BCUT2D eigenvalue weighted by Gasteiger charge is -2.37. The zero-order chi connectivity index (χ0) is 27.5. The second-order valence-corrected chi connectivity index (χ2v) is 11.0. The van der Waals surface area contributed by atoms with E-state index in [0.717, 1.165) is 41.5 Å². The summed E-state index contributed by atoms with van der Waals surface area (Å²) in [6.45, 7) is 5.73. The minimum Gasteiger partial charge on any atom is -0.444 e. The molecule has 0 radical (unpaired) electrons. The van der Waals surface area contributed by atoms with Crippen LogP contribution in [0.3, 0.4) is 0 Å². The van der Waals surface area contributed by atoms with Crippen molar-refractivity contribution in [1.29, 1.82) is 0 Å². The average Bonchev–Trinajstić information content (AvgIpc) is 3.23. The summed E-state index contributed by atoms with van der Waals surface area (Å²) < 4.78 is 5.39. The first-order chi connectivity index (χ1) is 18.0. The van der Waals surface area contributed by atoms with Crippen molar-refractivity contribution < 1.29 is 23.9 Å². The van der Waals surface area contributed by atoms with E-state index in [1.807, 2.05) is 30.3 Å². The van der Waals surface area contributed by atoms with Crippen molar-refractivity contribution in [3.63, 3.8) is 0 Å². The number of rotatable bonds is 7. The maximum Gasteiger partial charge on any atom is 0.408 e. The number of alkyl carbamates (subject to hydrolysis) is 1. The summed E-state index contributed by atoms with van der Waals surface area (Å²) in [6.07, 6.45) is 4.60. The molecule has 0 saturated heterocycles. The van der Waals surface area contributed by atoms with E-state index in [1.54, 1.807) is 27.0 Å². The molecule has 10 heteroatoms. The predicted molar refractivity (Wildman–Crippen MR) is 141 cm³/mol. The molecule has 1 aliphatic heterocycles. The highest BCUT2D eigenvalue weighted by Gasteiger charge is 2.43. The average molecular weight is 522 g/mol. The summed E-state index contributed by atoms with van der Waals surface area (Å²) in [5, 5.41) is 8.33. The Labute approximate surface area is 222 Å². The van der Waals surface area contributed by atoms with Crippen LogP contribution in [0.5, 0.6) is 0 Å². The molecule has 4 amide bonds. The van der Waals surface area contributed by atoms with Gasteiger partial charge in [0, 0.05) is 30.3 Å². The summed E-state index contributed by atoms with van der Waals surface area (Å²) in [5.41, 5.74) is 7.69. The number of fused-ring (bicyclic) bond motifs is 1. The monoisotopic (exact) mass is 521 g/mol. The predicted octanol–water partition coefficient (Wildman–Crippen LogP) is 2.73. The first-order valence-electron chi connectivity index (χ1n) is 12.9. The van der Waals surface area contributed by atoms with Crippen LogP contribution in [0.15, 0.2) is 36.5 Å². The first-order valence-corrected chi connectivity index (χ1v) is 12.9. The molecular weight excluding hydrogens is 486 g/mol. The van der Waals surface area contributed by atoms with Gasteiger partial charge >= 0.3 is 6.09 Å². The highest BCUT2D eigenvalue weighted by molar-refractivity contribution is 5.97. The lowest BCUT2D eigenvalue weighted by Crippen LogP contribution is -2.63. The van der Waals surface area contributed by atoms with Crippen molar-refractivity contribution in [2.75, 3.05) is 0 Å². The molecule has 2 aliphatic rings. The van der Waals surface area contributed by atoms with Crippen LogP contribution in [0.2, 0.25) is 0 Å². The van der Waals surface area contributed by atoms with E-state index in [9.17, 15) is 19.2 Å². The second-order valence-electron chi connectivity index (χ2n) is 11.0. The first kappa shape index (κ1) is 27.1. The second kappa shape index (κ2) is 10.8. The van der Waals surface area contributed by atoms with Crippen LogP contribution in [-0.2, 0) is 27.3 Å². The van der Waals surface area contributed by atoms with Crippen LogP contribution in [0.4, 0.5) is 4.79 Å². The number of nitrogens with two attached hydrogens (primary N) is 1. The van der Waals surface area contributed by atoms with Gasteiger partial charge in [-0.25, -0.2) is 4.79 Å². The number of ether oxygens (including phenoxy) is 1. The highest BCUT2D eigenvalue weighted by Crippen LogP contribution is 2.29. The largest absolute Gasteiger partial charge is 0.444 e. The lowest BCUT2D eigenvalue weighted by molar-refractivity contribution is -0.133. The standard InChI is InChI=1S/C28H35N5O5/c1-27(2,3)38-26(37)33-28(11-5-4-6-12-28)25(36)32-21(23(29)34)13-17-7-9-18(10-8-17)19-14-20-16-31-24(35)22(20)30-15-19/h7-10,14-15,21H,4-6,11-13,16H2,1-3H3,(H2,29,34)(H,31,35)(H,32,36)(H,33,37)/t21-/m0/s1. The minimum absolute atomic E-state index is 0.169. The summed E-state index contributed by atoms with van der Waals surface area (Å²) in [4.78, 5) is 54.3. The number of aromatic nitrogens is 1. The zero-order valence-electron chi connectivity index (χ0n) is 22.1. The van der Waals surface area contributed by atoms with Gasteiger partial charge in [0.1, 0.15) is 22.9 Å². The summed E-state index contributed by atoms with van der Waals surface area (Å²) in [6, 6.07) is 8.51. The Morgan fingerprint density at radius 3 is 2.42 bits per heavy atom. The van der Waals surface area contributed by atoms with Crippen LogP contribution >= 0.6 is 0 Å². The molecule has 4 rings (SSSR count). The number of primary amides is 1. The maximum absolute atomic E-state index is 13.5. The number of amides is 4. The molecule has 0 bridgehead atoms. The molecule has 202 valence electrons. The molecule has 1 atom stereocenters. The van der Waals surface area contributed by atoms with Gasteiger partial charge in [-0.15, -0.1) is 0 Å². The van der Waals surface area contributed by atoms with Crippen molar-refractivity contribution in [3.05, 3.63) is 53.3 Å². The van der Waals surface area contributed by atoms with E-state index in [2.05, 4.69) is 20.9 Å². The number of carbonyl (C=O) groups is 4. The van der Waals surface area contributed by atoms with Gasteiger partial charge in [0.15, 0.2) is 0 Å². The molecule has 10 nitrogen and oxygen atoms in total. The number of nitrogens with one attached hydrogen (secondary N) is 3. The van der Waals surface area contributed by atoms with Crippen LogP contribution in [0, 0.1) is 0 Å². The van der Waals surface area contributed by atoms with Gasteiger partial charge in [-0.1, -0.05) is 43.5 Å². The number of carbonyl (C=O) groups excluding carboxylic acids is 4. The highest BCUT2D eigenvalue weighted by atomic mass is 16.6. The summed E-state index contributed by atoms with van der Waals surface area (Å²) in [5.74, 6) is -1.26. The quantitative estimate of drug-likeness (QED) is 0.440. The SMILES string of the molecule is CC(C)(C)OC(=O)NC1(C(=O)N[C@@H](Cc2ccc(-c3cnc4c(c3)CNC4=O)cc2)C(N)=O)CCCCC1. The number of pyridine rings is 1. The van der Waals surface area contributed by atoms with E-state index >= 15 is 0 Å². The van der Waals surface area contributed by atoms with E-state index in [-0.39, 0.29) is 12.3 Å². The third-order valence-electron chi connectivity index (χ3n) is 6.88.